The second kappa shape index (κ2) is 10.5. The van der Waals surface area contributed by atoms with Crippen LogP contribution in [-0.4, -0.2) is 72.5 Å². The van der Waals surface area contributed by atoms with E-state index in [1.54, 1.807) is 4.90 Å². The van der Waals surface area contributed by atoms with Crippen LogP contribution in [0.5, 0.6) is 5.75 Å². The third-order valence-electron chi connectivity index (χ3n) is 6.22. The Morgan fingerprint density at radius 1 is 0.938 bits per heavy atom. The summed E-state index contributed by atoms with van der Waals surface area (Å²) in [6.45, 7) is 6.24. The number of hydrogen-bond donors (Lipinski definition) is 1. The molecule has 0 aromatic heterocycles. The van der Waals surface area contributed by atoms with Crippen LogP contribution >= 0.6 is 0 Å². The van der Waals surface area contributed by atoms with Crippen LogP contribution in [0.15, 0.2) is 54.6 Å². The van der Waals surface area contributed by atoms with Crippen LogP contribution in [0.2, 0.25) is 0 Å². The first-order chi connectivity index (χ1) is 15.6. The standard InChI is InChI=1S/C25H32N4O3/c1-2-32-22-12-10-20(11-13-22)23-9-6-14-29(23)19-24(30)27-15-17-28(18-16-27)25(31)26-21-7-4-3-5-8-21/h3-5,7-8,10-13,23H,2,6,9,14-19H2,1H3,(H,26,31). The van der Waals surface area contributed by atoms with Gasteiger partial charge in [-0.25, -0.2) is 4.79 Å². The van der Waals surface area contributed by atoms with Crippen molar-refractivity contribution in [2.45, 2.75) is 25.8 Å². The highest BCUT2D eigenvalue weighted by Crippen LogP contribution is 2.32. The molecule has 1 atom stereocenters. The van der Waals surface area contributed by atoms with Gasteiger partial charge < -0.3 is 19.9 Å². The van der Waals surface area contributed by atoms with Crippen molar-refractivity contribution in [2.75, 3.05) is 51.2 Å². The number of amides is 3. The van der Waals surface area contributed by atoms with Crippen molar-refractivity contribution in [1.82, 2.24) is 14.7 Å². The first-order valence-corrected chi connectivity index (χ1v) is 11.5. The minimum atomic E-state index is -0.113. The predicted molar refractivity (Wildman–Crippen MR) is 125 cm³/mol. The van der Waals surface area contributed by atoms with E-state index in [0.29, 0.717) is 39.3 Å². The monoisotopic (exact) mass is 436 g/mol. The van der Waals surface area contributed by atoms with Crippen molar-refractivity contribution in [3.8, 4) is 5.75 Å². The second-order valence-electron chi connectivity index (χ2n) is 8.29. The maximum absolute atomic E-state index is 13.0. The molecule has 2 aromatic rings. The molecule has 2 aliphatic heterocycles. The van der Waals surface area contributed by atoms with Crippen LogP contribution < -0.4 is 10.1 Å². The average molecular weight is 437 g/mol. The number of anilines is 1. The maximum atomic E-state index is 13.0. The summed E-state index contributed by atoms with van der Waals surface area (Å²) in [7, 11) is 0. The zero-order chi connectivity index (χ0) is 22.3. The first kappa shape index (κ1) is 22.1. The Morgan fingerprint density at radius 2 is 1.62 bits per heavy atom. The van der Waals surface area contributed by atoms with E-state index in [-0.39, 0.29) is 18.0 Å². The van der Waals surface area contributed by atoms with Crippen LogP contribution in [0, 0.1) is 0 Å². The number of nitrogens with one attached hydrogen (secondary N) is 1. The molecule has 0 bridgehead atoms. The summed E-state index contributed by atoms with van der Waals surface area (Å²) in [6.07, 6.45) is 2.16. The highest BCUT2D eigenvalue weighted by molar-refractivity contribution is 5.89. The van der Waals surface area contributed by atoms with Crippen molar-refractivity contribution < 1.29 is 14.3 Å². The van der Waals surface area contributed by atoms with Crippen molar-refractivity contribution >= 4 is 17.6 Å². The molecule has 2 heterocycles. The van der Waals surface area contributed by atoms with Gasteiger partial charge in [0.1, 0.15) is 5.75 Å². The molecule has 1 N–H and O–H groups in total. The van der Waals surface area contributed by atoms with Crippen molar-refractivity contribution in [3.05, 3.63) is 60.2 Å². The van der Waals surface area contributed by atoms with Gasteiger partial charge in [0.05, 0.1) is 13.2 Å². The maximum Gasteiger partial charge on any atom is 0.321 e. The molecule has 7 nitrogen and oxygen atoms in total. The van der Waals surface area contributed by atoms with Gasteiger partial charge in [-0.1, -0.05) is 30.3 Å². The fraction of sp³-hybridized carbons (Fsp3) is 0.440. The second-order valence-corrected chi connectivity index (χ2v) is 8.29. The highest BCUT2D eigenvalue weighted by atomic mass is 16.5. The number of carbonyl (C=O) groups is 2. The van der Waals surface area contributed by atoms with E-state index in [2.05, 4.69) is 22.3 Å². The van der Waals surface area contributed by atoms with E-state index in [0.717, 1.165) is 30.8 Å². The number of para-hydroxylation sites is 1. The Morgan fingerprint density at radius 3 is 2.31 bits per heavy atom. The molecule has 2 saturated heterocycles. The SMILES string of the molecule is CCOc1ccc(C2CCCN2CC(=O)N2CCN(C(=O)Nc3ccccc3)CC2)cc1. The van der Waals surface area contributed by atoms with Crippen molar-refractivity contribution in [2.24, 2.45) is 0 Å². The molecule has 2 aliphatic rings. The van der Waals surface area contributed by atoms with Crippen molar-refractivity contribution in [1.29, 1.82) is 0 Å². The summed E-state index contributed by atoms with van der Waals surface area (Å²) in [4.78, 5) is 31.4. The quantitative estimate of drug-likeness (QED) is 0.752. The molecule has 0 saturated carbocycles. The number of carbonyl (C=O) groups excluding carboxylic acids is 2. The fourth-order valence-corrected chi connectivity index (χ4v) is 4.50. The minimum absolute atomic E-state index is 0.113. The number of hydrogen-bond acceptors (Lipinski definition) is 4. The van der Waals surface area contributed by atoms with Gasteiger partial charge in [-0.05, 0) is 56.1 Å². The molecule has 3 amide bonds. The van der Waals surface area contributed by atoms with E-state index in [4.69, 9.17) is 4.74 Å². The minimum Gasteiger partial charge on any atom is -0.494 e. The van der Waals surface area contributed by atoms with Crippen LogP contribution in [-0.2, 0) is 4.79 Å². The topological polar surface area (TPSA) is 65.1 Å². The fourth-order valence-electron chi connectivity index (χ4n) is 4.50. The lowest BCUT2D eigenvalue weighted by Gasteiger charge is -2.36. The number of benzene rings is 2. The number of likely N-dealkylation sites (tertiary alicyclic amines) is 1. The van der Waals surface area contributed by atoms with E-state index in [1.165, 1.54) is 5.56 Å². The predicted octanol–water partition coefficient (Wildman–Crippen LogP) is 3.60. The van der Waals surface area contributed by atoms with Gasteiger partial charge in [0, 0.05) is 37.9 Å². The largest absolute Gasteiger partial charge is 0.494 e. The van der Waals surface area contributed by atoms with E-state index >= 15 is 0 Å². The van der Waals surface area contributed by atoms with Gasteiger partial charge in [0.25, 0.3) is 0 Å². The lowest BCUT2D eigenvalue weighted by atomic mass is 10.0. The molecule has 7 heteroatoms. The molecule has 2 fully saturated rings. The summed E-state index contributed by atoms with van der Waals surface area (Å²) in [6, 6.07) is 17.9. The molecule has 0 radical (unpaired) electrons. The van der Waals surface area contributed by atoms with E-state index in [9.17, 15) is 9.59 Å². The van der Waals surface area contributed by atoms with E-state index in [1.807, 2.05) is 54.3 Å². The molecule has 4 rings (SSSR count). The molecule has 0 spiro atoms. The van der Waals surface area contributed by atoms with E-state index < -0.39 is 0 Å². The number of urea groups is 1. The molecule has 0 aliphatic carbocycles. The van der Waals surface area contributed by atoms with Gasteiger partial charge in [0.2, 0.25) is 5.91 Å². The third kappa shape index (κ3) is 5.40. The summed E-state index contributed by atoms with van der Waals surface area (Å²) in [5, 5.41) is 2.92. The average Bonchev–Trinajstić information content (AvgIpc) is 3.28. The Hall–Kier alpha value is -3.06. The molecule has 1 unspecified atom stereocenters. The van der Waals surface area contributed by atoms with Gasteiger partial charge in [-0.15, -0.1) is 0 Å². The van der Waals surface area contributed by atoms with Gasteiger partial charge in [-0.3, -0.25) is 9.69 Å². The zero-order valence-electron chi connectivity index (χ0n) is 18.7. The molecule has 32 heavy (non-hydrogen) atoms. The zero-order valence-corrected chi connectivity index (χ0v) is 18.7. The highest BCUT2D eigenvalue weighted by Gasteiger charge is 2.30. The number of rotatable bonds is 6. The number of piperazine rings is 1. The lowest BCUT2D eigenvalue weighted by molar-refractivity contribution is -0.134. The van der Waals surface area contributed by atoms with Gasteiger partial charge in [0.15, 0.2) is 0 Å². The summed E-state index contributed by atoms with van der Waals surface area (Å²) >= 11 is 0. The Kier molecular flexibility index (Phi) is 7.27. The normalized spacial score (nSPS) is 19.1. The Bertz CT molecular complexity index is 895. The van der Waals surface area contributed by atoms with Gasteiger partial charge >= 0.3 is 6.03 Å². The van der Waals surface area contributed by atoms with Crippen LogP contribution in [0.1, 0.15) is 31.4 Å². The van der Waals surface area contributed by atoms with Crippen molar-refractivity contribution in [3.63, 3.8) is 0 Å². The molecule has 170 valence electrons. The van der Waals surface area contributed by atoms with Crippen LogP contribution in [0.4, 0.5) is 10.5 Å². The van der Waals surface area contributed by atoms with Gasteiger partial charge in [-0.2, -0.15) is 0 Å². The number of ether oxygens (including phenoxy) is 1. The molecule has 2 aromatic carbocycles. The summed E-state index contributed by atoms with van der Waals surface area (Å²) < 4.78 is 5.55. The van der Waals surface area contributed by atoms with Crippen LogP contribution in [0.3, 0.4) is 0 Å². The first-order valence-electron chi connectivity index (χ1n) is 11.5. The number of nitrogens with zero attached hydrogens (tertiary/aromatic N) is 3. The smallest absolute Gasteiger partial charge is 0.321 e. The molecular weight excluding hydrogens is 404 g/mol. The third-order valence-corrected chi connectivity index (χ3v) is 6.22. The molecular formula is C25H32N4O3. The lowest BCUT2D eigenvalue weighted by Crippen LogP contribution is -2.53. The Labute approximate surface area is 189 Å². The Balaban J connectivity index is 1.27. The summed E-state index contributed by atoms with van der Waals surface area (Å²) in [5.41, 5.74) is 2.02. The van der Waals surface area contributed by atoms with Crippen LogP contribution in [0.25, 0.3) is 0 Å². The summed E-state index contributed by atoms with van der Waals surface area (Å²) in [5.74, 6) is 1.02.